The lowest BCUT2D eigenvalue weighted by molar-refractivity contribution is -0.137. The lowest BCUT2D eigenvalue weighted by Crippen LogP contribution is -2.33. The summed E-state index contributed by atoms with van der Waals surface area (Å²) in [7, 11) is 0. The van der Waals surface area contributed by atoms with E-state index in [1.807, 2.05) is 30.3 Å². The summed E-state index contributed by atoms with van der Waals surface area (Å²) in [6.45, 7) is 0.691. The zero-order chi connectivity index (χ0) is 13.4. The van der Waals surface area contributed by atoms with Gasteiger partial charge in [-0.15, -0.1) is 0 Å². The first-order valence-electron chi connectivity index (χ1n) is 5.92. The van der Waals surface area contributed by atoms with Crippen LogP contribution in [0.4, 0.5) is 5.69 Å². The Kier molecular flexibility index (Phi) is 5.87. The van der Waals surface area contributed by atoms with E-state index in [4.69, 9.17) is 10.8 Å². The Bertz CT molecular complexity index is 392. The Morgan fingerprint density at radius 2 is 1.83 bits per heavy atom. The van der Waals surface area contributed by atoms with Gasteiger partial charge in [-0.1, -0.05) is 18.2 Å². The van der Waals surface area contributed by atoms with Crippen LogP contribution in [0.3, 0.4) is 0 Å². The van der Waals surface area contributed by atoms with Crippen molar-refractivity contribution < 1.29 is 14.7 Å². The van der Waals surface area contributed by atoms with E-state index in [9.17, 15) is 9.59 Å². The molecule has 1 aromatic rings. The maximum Gasteiger partial charge on any atom is 0.303 e. The Hall–Kier alpha value is -1.88. The summed E-state index contributed by atoms with van der Waals surface area (Å²) in [5, 5.41) is 8.62. The number of benzene rings is 1. The summed E-state index contributed by atoms with van der Waals surface area (Å²) in [4.78, 5) is 24.0. The second-order valence-corrected chi connectivity index (χ2v) is 3.92. The van der Waals surface area contributed by atoms with Crippen molar-refractivity contribution in [3.05, 3.63) is 30.3 Å². The summed E-state index contributed by atoms with van der Waals surface area (Å²) in [6.07, 6.45) is 0.752. The summed E-state index contributed by atoms with van der Waals surface area (Å²) < 4.78 is 0. The van der Waals surface area contributed by atoms with Gasteiger partial charge in [-0.25, -0.2) is 0 Å². The number of amides is 1. The van der Waals surface area contributed by atoms with Crippen LogP contribution >= 0.6 is 0 Å². The Balaban J connectivity index is 2.69. The van der Waals surface area contributed by atoms with Gasteiger partial charge in [-0.2, -0.15) is 0 Å². The molecule has 0 saturated heterocycles. The number of carboxylic acid groups (broad SMARTS) is 1. The number of carbonyl (C=O) groups excluding carboxylic acids is 1. The van der Waals surface area contributed by atoms with Crippen molar-refractivity contribution in [3.8, 4) is 0 Å². The highest BCUT2D eigenvalue weighted by atomic mass is 16.4. The highest BCUT2D eigenvalue weighted by Crippen LogP contribution is 2.15. The van der Waals surface area contributed by atoms with Gasteiger partial charge >= 0.3 is 5.97 Å². The van der Waals surface area contributed by atoms with Gasteiger partial charge in [0, 0.05) is 31.6 Å². The predicted octanol–water partition coefficient (Wildman–Crippen LogP) is 1.23. The van der Waals surface area contributed by atoms with Gasteiger partial charge in [0.25, 0.3) is 0 Å². The van der Waals surface area contributed by atoms with E-state index in [1.54, 1.807) is 4.90 Å². The monoisotopic (exact) mass is 250 g/mol. The molecule has 1 aromatic carbocycles. The van der Waals surface area contributed by atoms with Crippen LogP contribution in [0.25, 0.3) is 0 Å². The topological polar surface area (TPSA) is 83.6 Å². The van der Waals surface area contributed by atoms with E-state index in [0.717, 1.165) is 5.69 Å². The van der Waals surface area contributed by atoms with Crippen molar-refractivity contribution in [3.63, 3.8) is 0 Å². The van der Waals surface area contributed by atoms with Crippen molar-refractivity contribution in [2.45, 2.75) is 19.3 Å². The molecule has 1 rings (SSSR count). The van der Waals surface area contributed by atoms with Gasteiger partial charge in [-0.05, 0) is 18.6 Å². The van der Waals surface area contributed by atoms with Crippen LogP contribution in [0.2, 0.25) is 0 Å². The molecule has 0 atom stereocenters. The van der Waals surface area contributed by atoms with E-state index >= 15 is 0 Å². The van der Waals surface area contributed by atoms with Crippen molar-refractivity contribution >= 4 is 17.6 Å². The molecule has 0 spiro atoms. The van der Waals surface area contributed by atoms with Crippen LogP contribution in [-0.2, 0) is 9.59 Å². The third-order valence-electron chi connectivity index (χ3n) is 2.50. The number of hydrogen-bond donors (Lipinski definition) is 2. The van der Waals surface area contributed by atoms with Gasteiger partial charge in [0.1, 0.15) is 0 Å². The summed E-state index contributed by atoms with van der Waals surface area (Å²) in [5.74, 6) is -0.927. The Morgan fingerprint density at radius 1 is 1.17 bits per heavy atom. The third-order valence-corrected chi connectivity index (χ3v) is 2.50. The fraction of sp³-hybridized carbons (Fsp3) is 0.385. The molecule has 0 heterocycles. The number of carbonyl (C=O) groups is 2. The van der Waals surface area contributed by atoms with E-state index in [2.05, 4.69) is 0 Å². The van der Waals surface area contributed by atoms with E-state index < -0.39 is 5.97 Å². The summed E-state index contributed by atoms with van der Waals surface area (Å²) in [5.41, 5.74) is 6.16. The van der Waals surface area contributed by atoms with Crippen molar-refractivity contribution in [2.75, 3.05) is 18.0 Å². The maximum absolute atomic E-state index is 11.9. The first kappa shape index (κ1) is 14.2. The molecule has 18 heavy (non-hydrogen) atoms. The third kappa shape index (κ3) is 4.55. The zero-order valence-corrected chi connectivity index (χ0v) is 10.2. The number of nitrogens with zero attached hydrogens (tertiary/aromatic N) is 1. The largest absolute Gasteiger partial charge is 0.481 e. The molecule has 0 aliphatic carbocycles. The second kappa shape index (κ2) is 7.45. The van der Waals surface area contributed by atoms with Crippen LogP contribution in [0.5, 0.6) is 0 Å². The highest BCUT2D eigenvalue weighted by molar-refractivity contribution is 5.93. The molecule has 5 heteroatoms. The number of para-hydroxylation sites is 1. The molecule has 0 fully saturated rings. The number of nitrogens with two attached hydrogens (primary N) is 1. The normalized spacial score (nSPS) is 10.1. The minimum Gasteiger partial charge on any atom is -0.481 e. The summed E-state index contributed by atoms with van der Waals surface area (Å²) in [6, 6.07) is 9.21. The van der Waals surface area contributed by atoms with Gasteiger partial charge in [0.15, 0.2) is 0 Å². The average Bonchev–Trinajstić information content (AvgIpc) is 2.35. The minimum atomic E-state index is -0.853. The summed E-state index contributed by atoms with van der Waals surface area (Å²) >= 11 is 0. The second-order valence-electron chi connectivity index (χ2n) is 3.92. The molecule has 5 nitrogen and oxygen atoms in total. The first-order chi connectivity index (χ1) is 8.65. The van der Waals surface area contributed by atoms with Crippen LogP contribution in [-0.4, -0.2) is 30.1 Å². The molecule has 98 valence electrons. The molecule has 0 bridgehead atoms. The fourth-order valence-corrected chi connectivity index (χ4v) is 1.65. The molecule has 3 N–H and O–H groups in total. The quantitative estimate of drug-likeness (QED) is 0.762. The number of aliphatic carboxylic acids is 1. The van der Waals surface area contributed by atoms with Gasteiger partial charge < -0.3 is 15.7 Å². The van der Waals surface area contributed by atoms with Crippen molar-refractivity contribution in [1.29, 1.82) is 0 Å². The standard InChI is InChI=1S/C13H18N2O3/c14-9-8-12(16)15(10-4-7-13(17)18)11-5-2-1-3-6-11/h1-3,5-6H,4,7-10,14H2,(H,17,18). The highest BCUT2D eigenvalue weighted by Gasteiger charge is 2.14. The van der Waals surface area contributed by atoms with Crippen molar-refractivity contribution in [2.24, 2.45) is 5.73 Å². The van der Waals surface area contributed by atoms with E-state index in [0.29, 0.717) is 19.5 Å². The average molecular weight is 250 g/mol. The number of carboxylic acids is 1. The lowest BCUT2D eigenvalue weighted by atomic mass is 10.2. The predicted molar refractivity (Wildman–Crippen MR) is 69.3 cm³/mol. The minimum absolute atomic E-state index is 0.0548. The van der Waals surface area contributed by atoms with Crippen LogP contribution in [0.1, 0.15) is 19.3 Å². The molecular weight excluding hydrogens is 232 g/mol. The van der Waals surface area contributed by atoms with Gasteiger partial charge in [0.2, 0.25) is 5.91 Å². The number of rotatable bonds is 7. The van der Waals surface area contributed by atoms with Crippen LogP contribution < -0.4 is 10.6 Å². The first-order valence-corrected chi connectivity index (χ1v) is 5.92. The number of hydrogen-bond acceptors (Lipinski definition) is 3. The fourth-order valence-electron chi connectivity index (χ4n) is 1.65. The molecule has 0 unspecified atom stereocenters. The lowest BCUT2D eigenvalue weighted by Gasteiger charge is -2.22. The van der Waals surface area contributed by atoms with E-state index in [1.165, 1.54) is 0 Å². The van der Waals surface area contributed by atoms with Gasteiger partial charge in [-0.3, -0.25) is 9.59 Å². The molecule has 0 aliphatic heterocycles. The van der Waals surface area contributed by atoms with Crippen LogP contribution in [0, 0.1) is 0 Å². The molecule has 0 radical (unpaired) electrons. The maximum atomic E-state index is 11.9. The molecule has 0 saturated carbocycles. The molecule has 0 aliphatic rings. The van der Waals surface area contributed by atoms with Gasteiger partial charge in [0.05, 0.1) is 0 Å². The molecular formula is C13H18N2O3. The van der Waals surface area contributed by atoms with E-state index in [-0.39, 0.29) is 18.7 Å². The van der Waals surface area contributed by atoms with Crippen LogP contribution in [0.15, 0.2) is 30.3 Å². The molecule has 0 aromatic heterocycles. The smallest absolute Gasteiger partial charge is 0.303 e. The molecule has 1 amide bonds. The van der Waals surface area contributed by atoms with Crippen molar-refractivity contribution in [1.82, 2.24) is 0 Å². The number of anilines is 1. The Labute approximate surface area is 106 Å². The SMILES string of the molecule is NCCC(=O)N(CCCC(=O)O)c1ccccc1. The Morgan fingerprint density at radius 3 is 2.39 bits per heavy atom. The zero-order valence-electron chi connectivity index (χ0n) is 10.2.